The van der Waals surface area contributed by atoms with Crippen LogP contribution < -0.4 is 21.1 Å². The minimum absolute atomic E-state index is 0.00334. The zero-order chi connectivity index (χ0) is 34.4. The molecule has 0 aromatic heterocycles. The van der Waals surface area contributed by atoms with Crippen LogP contribution in [0.1, 0.15) is 44.7 Å². The first-order valence-corrected chi connectivity index (χ1v) is 16.4. The second-order valence-electron chi connectivity index (χ2n) is 12.8. The average Bonchev–Trinajstić information content (AvgIpc) is 3.07. The summed E-state index contributed by atoms with van der Waals surface area (Å²) in [5.41, 5.74) is 6.81. The van der Waals surface area contributed by atoms with Crippen molar-refractivity contribution in [2.75, 3.05) is 37.7 Å². The van der Waals surface area contributed by atoms with Crippen LogP contribution in [0.4, 0.5) is 10.5 Å². The molecule has 3 aromatic rings. The van der Waals surface area contributed by atoms with E-state index in [2.05, 4.69) is 45.3 Å². The largest absolute Gasteiger partial charge is 0.444 e. The first kappa shape index (κ1) is 36.1. The molecule has 1 atom stereocenters. The van der Waals surface area contributed by atoms with Gasteiger partial charge in [0, 0.05) is 37.8 Å². The number of ether oxygens (including phenoxy) is 2. The van der Waals surface area contributed by atoms with E-state index in [1.807, 2.05) is 66.7 Å². The van der Waals surface area contributed by atoms with E-state index in [4.69, 9.17) is 9.47 Å². The number of benzene rings is 3. The smallest absolute Gasteiger partial charge is 0.408 e. The van der Waals surface area contributed by atoms with Crippen molar-refractivity contribution >= 4 is 29.5 Å². The number of hydrazine groups is 1. The number of rotatable bonds is 13. The second-order valence-corrected chi connectivity index (χ2v) is 12.8. The molecule has 1 fully saturated rings. The summed E-state index contributed by atoms with van der Waals surface area (Å²) < 4.78 is 10.8. The fourth-order valence-corrected chi connectivity index (χ4v) is 5.54. The van der Waals surface area contributed by atoms with E-state index in [1.54, 1.807) is 25.7 Å². The number of hydrogen-bond acceptors (Lipinski definition) is 7. The van der Waals surface area contributed by atoms with Crippen LogP contribution in [-0.4, -0.2) is 79.2 Å². The highest BCUT2D eigenvalue weighted by molar-refractivity contribution is 5.95. The van der Waals surface area contributed by atoms with Crippen LogP contribution in [-0.2, 0) is 36.7 Å². The minimum atomic E-state index is -1.02. The zero-order valence-electron chi connectivity index (χ0n) is 28.0. The Morgan fingerprint density at radius 1 is 0.812 bits per heavy atom. The number of para-hydroxylation sites is 1. The third kappa shape index (κ3) is 12.1. The lowest BCUT2D eigenvalue weighted by molar-refractivity contribution is -0.134. The molecule has 3 N–H and O–H groups in total. The molecule has 11 heteroatoms. The number of anilines is 1. The molecule has 256 valence electrons. The second kappa shape index (κ2) is 18.0. The minimum Gasteiger partial charge on any atom is -0.444 e. The van der Waals surface area contributed by atoms with Crippen molar-refractivity contribution < 1.29 is 28.7 Å². The van der Waals surface area contributed by atoms with E-state index in [0.29, 0.717) is 0 Å². The van der Waals surface area contributed by atoms with Crippen LogP contribution in [0.5, 0.6) is 0 Å². The molecule has 4 amide bonds. The van der Waals surface area contributed by atoms with Crippen molar-refractivity contribution in [3.8, 4) is 0 Å². The first-order chi connectivity index (χ1) is 23.1. The molecule has 4 rings (SSSR count). The topological polar surface area (TPSA) is 129 Å². The lowest BCUT2D eigenvalue weighted by Crippen LogP contribution is -2.54. The normalized spacial score (nSPS) is 14.4. The van der Waals surface area contributed by atoms with Crippen LogP contribution >= 0.6 is 0 Å². The Labute approximate surface area is 282 Å². The predicted octanol–water partition coefficient (Wildman–Crippen LogP) is 4.03. The van der Waals surface area contributed by atoms with Gasteiger partial charge in [0.25, 0.3) is 17.7 Å². The summed E-state index contributed by atoms with van der Waals surface area (Å²) in [7, 11) is 0. The number of nitrogens with zero attached hydrogens (tertiary/aromatic N) is 2. The van der Waals surface area contributed by atoms with Gasteiger partial charge in [0.05, 0.1) is 0 Å². The maximum Gasteiger partial charge on any atom is 0.408 e. The standard InChI is InChI=1S/C37H47N5O6/c1-37(2,3)48-36(46)38-32(25-29-15-9-5-10-16-29)35(45)40-39-33(43)26-47-27-34(44)42(30-17-11-6-12-18-30)31-20-23-41(24-21-31)22-19-28-13-7-4-8-14-28/h4-18,31-32H,19-27H2,1-3H3,(H,38,46)(H,39,43)(H,40,45)/t32-/m1/s1. The van der Waals surface area contributed by atoms with Crippen LogP contribution in [0.15, 0.2) is 91.0 Å². The van der Waals surface area contributed by atoms with Gasteiger partial charge in [0.2, 0.25) is 0 Å². The molecule has 0 saturated carbocycles. The zero-order valence-corrected chi connectivity index (χ0v) is 28.0. The summed E-state index contributed by atoms with van der Waals surface area (Å²) in [6, 6.07) is 28.1. The highest BCUT2D eigenvalue weighted by Gasteiger charge is 2.29. The number of carbonyl (C=O) groups is 4. The Morgan fingerprint density at radius 3 is 2.00 bits per heavy atom. The summed E-state index contributed by atoms with van der Waals surface area (Å²) >= 11 is 0. The van der Waals surface area contributed by atoms with E-state index in [9.17, 15) is 19.2 Å². The highest BCUT2D eigenvalue weighted by atomic mass is 16.6. The van der Waals surface area contributed by atoms with Gasteiger partial charge in [0.15, 0.2) is 0 Å². The number of hydrogen-bond donors (Lipinski definition) is 3. The molecule has 0 unspecified atom stereocenters. The van der Waals surface area contributed by atoms with Gasteiger partial charge in [-0.15, -0.1) is 0 Å². The third-order valence-electron chi connectivity index (χ3n) is 7.86. The van der Waals surface area contributed by atoms with Crippen molar-refractivity contribution in [3.05, 3.63) is 102 Å². The average molecular weight is 658 g/mol. The third-order valence-corrected chi connectivity index (χ3v) is 7.86. The summed E-state index contributed by atoms with van der Waals surface area (Å²) in [6.07, 6.45) is 2.05. The predicted molar refractivity (Wildman–Crippen MR) is 184 cm³/mol. The van der Waals surface area contributed by atoms with Gasteiger partial charge in [-0.2, -0.15) is 0 Å². The molecule has 11 nitrogen and oxygen atoms in total. The highest BCUT2D eigenvalue weighted by Crippen LogP contribution is 2.24. The summed E-state index contributed by atoms with van der Waals surface area (Å²) in [5, 5.41) is 2.57. The fourth-order valence-electron chi connectivity index (χ4n) is 5.54. The maximum atomic E-state index is 13.5. The van der Waals surface area contributed by atoms with Gasteiger partial charge in [-0.1, -0.05) is 78.9 Å². The van der Waals surface area contributed by atoms with Crippen molar-refractivity contribution in [1.82, 2.24) is 21.1 Å². The van der Waals surface area contributed by atoms with E-state index in [1.165, 1.54) is 5.56 Å². The van der Waals surface area contributed by atoms with Crippen molar-refractivity contribution in [2.45, 2.75) is 64.1 Å². The van der Waals surface area contributed by atoms with Crippen molar-refractivity contribution in [1.29, 1.82) is 0 Å². The molecular formula is C37H47N5O6. The molecule has 1 aliphatic rings. The van der Waals surface area contributed by atoms with Gasteiger partial charge in [-0.3, -0.25) is 25.2 Å². The number of carbonyl (C=O) groups excluding carboxylic acids is 4. The van der Waals surface area contributed by atoms with E-state index in [0.717, 1.165) is 50.1 Å². The monoisotopic (exact) mass is 657 g/mol. The Bertz CT molecular complexity index is 1460. The fraction of sp³-hybridized carbons (Fsp3) is 0.405. The van der Waals surface area contributed by atoms with Crippen LogP contribution in [0, 0.1) is 0 Å². The first-order valence-electron chi connectivity index (χ1n) is 16.4. The molecule has 1 heterocycles. The van der Waals surface area contributed by atoms with Gasteiger partial charge in [-0.25, -0.2) is 4.79 Å². The number of likely N-dealkylation sites (tertiary alicyclic amines) is 1. The maximum absolute atomic E-state index is 13.5. The molecule has 1 aliphatic heterocycles. The van der Waals surface area contributed by atoms with Gasteiger partial charge in [-0.05, 0) is 63.3 Å². The van der Waals surface area contributed by atoms with Crippen molar-refractivity contribution in [2.24, 2.45) is 0 Å². The molecule has 0 spiro atoms. The number of amides is 4. The van der Waals surface area contributed by atoms with Gasteiger partial charge >= 0.3 is 6.09 Å². The Balaban J connectivity index is 1.26. The molecule has 0 bridgehead atoms. The van der Waals surface area contributed by atoms with E-state index >= 15 is 0 Å². The van der Waals surface area contributed by atoms with Crippen molar-refractivity contribution in [3.63, 3.8) is 0 Å². The number of piperidine rings is 1. The Hall–Kier alpha value is -4.74. The summed E-state index contributed by atoms with van der Waals surface area (Å²) in [5.74, 6) is -1.53. The van der Waals surface area contributed by atoms with Gasteiger partial charge < -0.3 is 24.6 Å². The van der Waals surface area contributed by atoms with Gasteiger partial charge in [0.1, 0.15) is 24.9 Å². The Morgan fingerprint density at radius 2 is 1.40 bits per heavy atom. The summed E-state index contributed by atoms with van der Waals surface area (Å²) in [4.78, 5) is 55.7. The van der Waals surface area contributed by atoms with E-state index < -0.39 is 36.2 Å². The molecule has 48 heavy (non-hydrogen) atoms. The van der Waals surface area contributed by atoms with Crippen LogP contribution in [0.2, 0.25) is 0 Å². The molecule has 1 saturated heterocycles. The van der Waals surface area contributed by atoms with Crippen LogP contribution in [0.25, 0.3) is 0 Å². The lowest BCUT2D eigenvalue weighted by Gasteiger charge is -2.38. The number of alkyl carbamates (subject to hydrolysis) is 1. The van der Waals surface area contributed by atoms with E-state index in [-0.39, 0.29) is 25.0 Å². The quantitative estimate of drug-likeness (QED) is 0.237. The lowest BCUT2D eigenvalue weighted by atomic mass is 10.0. The summed E-state index contributed by atoms with van der Waals surface area (Å²) in [6.45, 7) is 7.14. The number of nitrogens with one attached hydrogen (secondary N) is 3. The van der Waals surface area contributed by atoms with Crippen LogP contribution in [0.3, 0.4) is 0 Å². The Kier molecular flexibility index (Phi) is 13.5. The molecule has 3 aromatic carbocycles. The molecule has 0 radical (unpaired) electrons. The molecular weight excluding hydrogens is 610 g/mol. The molecule has 0 aliphatic carbocycles. The SMILES string of the molecule is CC(C)(C)OC(=O)N[C@H](Cc1ccccc1)C(=O)NNC(=O)COCC(=O)N(c1ccccc1)C1CCN(CCc2ccccc2)CC1.